The van der Waals surface area contributed by atoms with Crippen molar-refractivity contribution in [3.63, 3.8) is 0 Å². The van der Waals surface area contributed by atoms with Crippen molar-refractivity contribution in [2.45, 2.75) is 6.92 Å². The quantitative estimate of drug-likeness (QED) is 0.598. The summed E-state index contributed by atoms with van der Waals surface area (Å²) in [7, 11) is 0. The Hall–Kier alpha value is -0.0600. The van der Waals surface area contributed by atoms with Gasteiger partial charge in [-0.25, -0.2) is 0 Å². The van der Waals surface area contributed by atoms with Crippen LogP contribution in [0.25, 0.3) is 0 Å². The van der Waals surface area contributed by atoms with Crippen LogP contribution in [0.5, 0.6) is 0 Å². The third-order valence-electron chi connectivity index (χ3n) is 1.79. The van der Waals surface area contributed by atoms with Gasteiger partial charge in [0.1, 0.15) is 5.78 Å². The zero-order chi connectivity index (χ0) is 8.27. The highest BCUT2D eigenvalue weighted by atomic mass is 32.1. The van der Waals surface area contributed by atoms with Crippen LogP contribution in [0.2, 0.25) is 0 Å². The molecule has 1 rings (SSSR count). The molecule has 1 heterocycles. The van der Waals surface area contributed by atoms with E-state index < -0.39 is 0 Å². The highest BCUT2D eigenvalue weighted by Gasteiger charge is 2.14. The number of hydrogen-bond donors (Lipinski definition) is 1. The Morgan fingerprint density at radius 2 is 1.91 bits per heavy atom. The lowest BCUT2D eigenvalue weighted by Crippen LogP contribution is -2.44. The highest BCUT2D eigenvalue weighted by Crippen LogP contribution is 2.02. The molecule has 0 aromatic rings. The summed E-state index contributed by atoms with van der Waals surface area (Å²) in [5.41, 5.74) is 0. The SMILES string of the molecule is CC(=O)CN1CCN(S)CC1. The van der Waals surface area contributed by atoms with Crippen molar-refractivity contribution in [1.82, 2.24) is 9.21 Å². The van der Waals surface area contributed by atoms with Crippen molar-refractivity contribution < 1.29 is 4.79 Å². The van der Waals surface area contributed by atoms with E-state index >= 15 is 0 Å². The van der Waals surface area contributed by atoms with E-state index in [4.69, 9.17) is 0 Å². The van der Waals surface area contributed by atoms with Crippen molar-refractivity contribution in [2.24, 2.45) is 0 Å². The fraction of sp³-hybridized carbons (Fsp3) is 0.857. The first-order valence-corrected chi connectivity index (χ1v) is 4.24. The molecule has 0 spiro atoms. The number of nitrogens with zero attached hydrogens (tertiary/aromatic N) is 2. The molecule has 1 saturated heterocycles. The molecule has 11 heavy (non-hydrogen) atoms. The van der Waals surface area contributed by atoms with Crippen molar-refractivity contribution >= 4 is 18.6 Å². The molecule has 0 aliphatic carbocycles. The first-order chi connectivity index (χ1) is 5.18. The Kier molecular flexibility index (Phi) is 3.36. The molecular weight excluding hydrogens is 160 g/mol. The van der Waals surface area contributed by atoms with Crippen LogP contribution in [0.1, 0.15) is 6.92 Å². The van der Waals surface area contributed by atoms with Crippen LogP contribution in [-0.2, 0) is 4.79 Å². The maximum absolute atomic E-state index is 10.7. The van der Waals surface area contributed by atoms with Crippen molar-refractivity contribution in [3.05, 3.63) is 0 Å². The molecule has 1 aliphatic heterocycles. The van der Waals surface area contributed by atoms with Crippen LogP contribution in [0.3, 0.4) is 0 Å². The number of piperazine rings is 1. The topological polar surface area (TPSA) is 23.6 Å². The zero-order valence-electron chi connectivity index (χ0n) is 6.79. The predicted molar refractivity (Wildman–Crippen MR) is 47.7 cm³/mol. The summed E-state index contributed by atoms with van der Waals surface area (Å²) < 4.78 is 1.98. The van der Waals surface area contributed by atoms with Crippen LogP contribution >= 0.6 is 12.8 Å². The van der Waals surface area contributed by atoms with E-state index in [2.05, 4.69) is 17.7 Å². The molecule has 0 saturated carbocycles. The number of carbonyl (C=O) groups is 1. The van der Waals surface area contributed by atoms with Crippen LogP contribution in [-0.4, -0.2) is 47.7 Å². The molecule has 1 aliphatic rings. The van der Waals surface area contributed by atoms with Crippen LogP contribution in [0, 0.1) is 0 Å². The molecule has 3 nitrogen and oxygen atoms in total. The molecule has 0 bridgehead atoms. The van der Waals surface area contributed by atoms with E-state index in [-0.39, 0.29) is 5.78 Å². The summed E-state index contributed by atoms with van der Waals surface area (Å²) >= 11 is 4.21. The fourth-order valence-electron chi connectivity index (χ4n) is 1.21. The lowest BCUT2D eigenvalue weighted by atomic mass is 10.3. The van der Waals surface area contributed by atoms with Crippen LogP contribution < -0.4 is 0 Å². The predicted octanol–water partition coefficient (Wildman–Crippen LogP) is 0.0378. The van der Waals surface area contributed by atoms with Gasteiger partial charge in [0.05, 0.1) is 6.54 Å². The average molecular weight is 174 g/mol. The molecule has 1 fully saturated rings. The number of ketones is 1. The maximum Gasteiger partial charge on any atom is 0.143 e. The summed E-state index contributed by atoms with van der Waals surface area (Å²) in [5.74, 6) is 0.248. The molecule has 4 heteroatoms. The summed E-state index contributed by atoms with van der Waals surface area (Å²) in [6.07, 6.45) is 0. The van der Waals surface area contributed by atoms with Crippen LogP contribution in [0.4, 0.5) is 0 Å². The second kappa shape index (κ2) is 4.09. The first kappa shape index (κ1) is 9.03. The number of thiol groups is 1. The lowest BCUT2D eigenvalue weighted by Gasteiger charge is -2.30. The Bertz CT molecular complexity index is 143. The second-order valence-corrected chi connectivity index (χ2v) is 3.50. The minimum absolute atomic E-state index is 0.248. The van der Waals surface area contributed by atoms with E-state index in [0.29, 0.717) is 6.54 Å². The minimum atomic E-state index is 0.248. The lowest BCUT2D eigenvalue weighted by molar-refractivity contribution is -0.118. The maximum atomic E-state index is 10.7. The third-order valence-corrected chi connectivity index (χ3v) is 2.19. The second-order valence-electron chi connectivity index (χ2n) is 2.93. The van der Waals surface area contributed by atoms with Gasteiger partial charge in [0.15, 0.2) is 0 Å². The summed E-state index contributed by atoms with van der Waals surface area (Å²) in [6.45, 7) is 6.06. The Morgan fingerprint density at radius 1 is 1.36 bits per heavy atom. The molecule has 0 aromatic heterocycles. The van der Waals surface area contributed by atoms with E-state index in [1.165, 1.54) is 0 Å². The fourth-order valence-corrected chi connectivity index (χ4v) is 1.39. The van der Waals surface area contributed by atoms with Gasteiger partial charge in [0, 0.05) is 26.2 Å². The Labute approximate surface area is 72.9 Å². The normalized spacial score (nSPS) is 22.0. The molecule has 64 valence electrons. The molecule has 0 amide bonds. The number of hydrogen-bond acceptors (Lipinski definition) is 4. The Morgan fingerprint density at radius 3 is 2.36 bits per heavy atom. The van der Waals surface area contributed by atoms with Gasteiger partial charge in [0.2, 0.25) is 0 Å². The van der Waals surface area contributed by atoms with E-state index in [1.807, 2.05) is 4.31 Å². The number of rotatable bonds is 2. The van der Waals surface area contributed by atoms with Crippen molar-refractivity contribution in [3.8, 4) is 0 Å². The molecule has 0 unspecified atom stereocenters. The molecule has 0 N–H and O–H groups in total. The van der Waals surface area contributed by atoms with Gasteiger partial charge in [-0.15, -0.1) is 0 Å². The molecule has 0 atom stereocenters. The monoisotopic (exact) mass is 174 g/mol. The Balaban J connectivity index is 2.22. The van der Waals surface area contributed by atoms with Gasteiger partial charge >= 0.3 is 0 Å². The van der Waals surface area contributed by atoms with E-state index in [9.17, 15) is 4.79 Å². The third kappa shape index (κ3) is 3.22. The molecule has 0 aromatic carbocycles. The van der Waals surface area contributed by atoms with E-state index in [1.54, 1.807) is 6.92 Å². The van der Waals surface area contributed by atoms with Gasteiger partial charge in [0.25, 0.3) is 0 Å². The summed E-state index contributed by atoms with van der Waals surface area (Å²) in [4.78, 5) is 12.9. The smallest absolute Gasteiger partial charge is 0.143 e. The minimum Gasteiger partial charge on any atom is -0.299 e. The zero-order valence-corrected chi connectivity index (χ0v) is 7.68. The number of Topliss-reactive ketones (excluding diaryl/α,β-unsaturated/α-hetero) is 1. The number of carbonyl (C=O) groups excluding carboxylic acids is 1. The molecular formula is C7H14N2OS. The van der Waals surface area contributed by atoms with Crippen molar-refractivity contribution in [2.75, 3.05) is 32.7 Å². The van der Waals surface area contributed by atoms with E-state index in [0.717, 1.165) is 26.2 Å². The van der Waals surface area contributed by atoms with Crippen LogP contribution in [0.15, 0.2) is 0 Å². The average Bonchev–Trinajstić information content (AvgIpc) is 1.93. The molecule has 0 radical (unpaired) electrons. The van der Waals surface area contributed by atoms with Gasteiger partial charge < -0.3 is 0 Å². The van der Waals surface area contributed by atoms with Gasteiger partial charge in [-0.2, -0.15) is 0 Å². The largest absolute Gasteiger partial charge is 0.299 e. The first-order valence-electron chi connectivity index (χ1n) is 3.84. The van der Waals surface area contributed by atoms with Crippen molar-refractivity contribution in [1.29, 1.82) is 0 Å². The standard InChI is InChI=1S/C7H14N2OS/c1-7(10)6-8-2-4-9(11)5-3-8/h11H,2-6H2,1H3. The summed E-state index contributed by atoms with van der Waals surface area (Å²) in [5, 5.41) is 0. The summed E-state index contributed by atoms with van der Waals surface area (Å²) in [6, 6.07) is 0. The van der Waals surface area contributed by atoms with Gasteiger partial charge in [-0.3, -0.25) is 14.0 Å². The van der Waals surface area contributed by atoms with Gasteiger partial charge in [-0.05, 0) is 6.92 Å². The highest BCUT2D eigenvalue weighted by molar-refractivity contribution is 7.77. The van der Waals surface area contributed by atoms with Gasteiger partial charge in [-0.1, -0.05) is 12.8 Å².